The number of imidazole rings is 1. The minimum atomic E-state index is 0.462. The lowest BCUT2D eigenvalue weighted by atomic mass is 9.70. The largest absolute Gasteiger partial charge is 0.341 e. The molecule has 1 heterocycles. The van der Waals surface area contributed by atoms with Crippen molar-refractivity contribution >= 4 is 11.0 Å². The van der Waals surface area contributed by atoms with Gasteiger partial charge >= 0.3 is 0 Å². The molecule has 2 N–H and O–H groups in total. The fourth-order valence-electron chi connectivity index (χ4n) is 3.83. The Hall–Kier alpha value is -1.35. The van der Waals surface area contributed by atoms with Crippen molar-refractivity contribution in [1.82, 2.24) is 15.3 Å². The monoisotopic (exact) mass is 271 g/mol. The summed E-state index contributed by atoms with van der Waals surface area (Å²) in [6, 6.07) is 8.83. The maximum atomic E-state index is 4.63. The molecule has 1 fully saturated rings. The van der Waals surface area contributed by atoms with Gasteiger partial charge in [-0.1, -0.05) is 32.9 Å². The summed E-state index contributed by atoms with van der Waals surface area (Å²) >= 11 is 0. The van der Waals surface area contributed by atoms with Gasteiger partial charge in [0.15, 0.2) is 0 Å². The molecule has 3 heteroatoms. The number of benzene rings is 1. The average Bonchev–Trinajstić information content (AvgIpc) is 2.76. The highest BCUT2D eigenvalue weighted by molar-refractivity contribution is 5.74. The molecule has 0 radical (unpaired) electrons. The summed E-state index contributed by atoms with van der Waals surface area (Å²) in [6.07, 6.45) is 3.89. The number of para-hydroxylation sites is 2. The first-order valence-corrected chi connectivity index (χ1v) is 7.69. The highest BCUT2D eigenvalue weighted by Gasteiger charge is 2.31. The molecule has 1 aromatic carbocycles. The molecule has 0 saturated heterocycles. The summed E-state index contributed by atoms with van der Waals surface area (Å²) in [5, 5.41) is 3.69. The molecule has 20 heavy (non-hydrogen) atoms. The van der Waals surface area contributed by atoms with Gasteiger partial charge in [0.25, 0.3) is 0 Å². The summed E-state index contributed by atoms with van der Waals surface area (Å²) < 4.78 is 0. The molecule has 0 bridgehead atoms. The molecule has 1 aliphatic rings. The molecule has 0 amide bonds. The number of hydrogen-bond acceptors (Lipinski definition) is 2. The van der Waals surface area contributed by atoms with E-state index in [1.165, 1.54) is 19.3 Å². The number of rotatable bonds is 3. The van der Waals surface area contributed by atoms with Crippen LogP contribution < -0.4 is 5.32 Å². The van der Waals surface area contributed by atoms with Gasteiger partial charge in [-0.2, -0.15) is 0 Å². The zero-order valence-corrected chi connectivity index (χ0v) is 12.7. The van der Waals surface area contributed by atoms with Crippen LogP contribution in [0, 0.1) is 11.3 Å². The molecule has 3 rings (SSSR count). The topological polar surface area (TPSA) is 40.7 Å². The van der Waals surface area contributed by atoms with Gasteiger partial charge in [0.1, 0.15) is 5.82 Å². The molecular weight excluding hydrogens is 246 g/mol. The second-order valence-electron chi connectivity index (χ2n) is 7.19. The van der Waals surface area contributed by atoms with E-state index in [1.54, 1.807) is 0 Å². The molecule has 2 aromatic rings. The van der Waals surface area contributed by atoms with Crippen molar-refractivity contribution < 1.29 is 0 Å². The lowest BCUT2D eigenvalue weighted by molar-refractivity contribution is 0.150. The van der Waals surface area contributed by atoms with Crippen molar-refractivity contribution in [2.75, 3.05) is 0 Å². The lowest BCUT2D eigenvalue weighted by Crippen LogP contribution is -2.39. The van der Waals surface area contributed by atoms with Gasteiger partial charge in [0.2, 0.25) is 0 Å². The third-order valence-electron chi connectivity index (χ3n) is 4.38. The molecule has 1 aromatic heterocycles. The van der Waals surface area contributed by atoms with Gasteiger partial charge in [-0.05, 0) is 42.7 Å². The van der Waals surface area contributed by atoms with Crippen molar-refractivity contribution in [3.05, 3.63) is 30.1 Å². The quantitative estimate of drug-likeness (QED) is 0.889. The van der Waals surface area contributed by atoms with Crippen LogP contribution in [0.15, 0.2) is 24.3 Å². The molecule has 1 aliphatic carbocycles. The Morgan fingerprint density at radius 3 is 2.85 bits per heavy atom. The Balaban J connectivity index is 1.64. The Morgan fingerprint density at radius 1 is 1.30 bits per heavy atom. The summed E-state index contributed by atoms with van der Waals surface area (Å²) in [6.45, 7) is 7.98. The number of H-pyrrole nitrogens is 1. The molecule has 1 saturated carbocycles. The van der Waals surface area contributed by atoms with Crippen molar-refractivity contribution in [3.63, 3.8) is 0 Å². The van der Waals surface area contributed by atoms with E-state index in [2.05, 4.69) is 48.2 Å². The second kappa shape index (κ2) is 5.21. The van der Waals surface area contributed by atoms with E-state index in [0.717, 1.165) is 29.3 Å². The Morgan fingerprint density at radius 2 is 2.10 bits per heavy atom. The van der Waals surface area contributed by atoms with Crippen molar-refractivity contribution in [3.8, 4) is 0 Å². The average molecular weight is 271 g/mol. The number of nitrogens with zero attached hydrogens (tertiary/aromatic N) is 1. The van der Waals surface area contributed by atoms with E-state index in [4.69, 9.17) is 0 Å². The molecule has 0 spiro atoms. The Labute approximate surface area is 121 Å². The van der Waals surface area contributed by atoms with Gasteiger partial charge in [-0.3, -0.25) is 0 Å². The third kappa shape index (κ3) is 3.04. The first-order valence-electron chi connectivity index (χ1n) is 7.69. The van der Waals surface area contributed by atoms with E-state index in [1.807, 2.05) is 12.1 Å². The second-order valence-corrected chi connectivity index (χ2v) is 7.19. The molecule has 3 nitrogen and oxygen atoms in total. The van der Waals surface area contributed by atoms with Crippen LogP contribution in [0.5, 0.6) is 0 Å². The maximum absolute atomic E-state index is 4.63. The van der Waals surface area contributed by atoms with Gasteiger partial charge in [0.05, 0.1) is 17.6 Å². The summed E-state index contributed by atoms with van der Waals surface area (Å²) in [5.74, 6) is 1.86. The molecule has 2 atom stereocenters. The highest BCUT2D eigenvalue weighted by atomic mass is 15.0. The fraction of sp³-hybridized carbons (Fsp3) is 0.588. The zero-order chi connectivity index (χ0) is 14.2. The summed E-state index contributed by atoms with van der Waals surface area (Å²) in [7, 11) is 0. The predicted octanol–water partition coefficient (Wildman–Crippen LogP) is 3.87. The molecule has 0 aliphatic heterocycles. The summed E-state index contributed by atoms with van der Waals surface area (Å²) in [4.78, 5) is 8.03. The number of aromatic nitrogens is 2. The standard InChI is InChI=1S/C17H25N3/c1-12-8-13(10-17(2,3)9-12)18-11-16-19-14-6-4-5-7-15(14)20-16/h4-7,12-13,18H,8-11H2,1-3H3,(H,19,20). The third-order valence-corrected chi connectivity index (χ3v) is 4.38. The van der Waals surface area contributed by atoms with E-state index in [-0.39, 0.29) is 0 Å². The minimum absolute atomic E-state index is 0.462. The molecular formula is C17H25N3. The Bertz CT molecular complexity index is 552. The van der Waals surface area contributed by atoms with Gasteiger partial charge < -0.3 is 10.3 Å². The van der Waals surface area contributed by atoms with Crippen molar-refractivity contribution in [2.24, 2.45) is 11.3 Å². The summed E-state index contributed by atoms with van der Waals surface area (Å²) in [5.41, 5.74) is 2.65. The van der Waals surface area contributed by atoms with Gasteiger partial charge in [-0.15, -0.1) is 0 Å². The lowest BCUT2D eigenvalue weighted by Gasteiger charge is -2.39. The SMILES string of the molecule is CC1CC(NCc2nc3ccccc3[nH]2)CC(C)(C)C1. The number of hydrogen-bond donors (Lipinski definition) is 2. The van der Waals surface area contributed by atoms with Crippen LogP contribution in [-0.4, -0.2) is 16.0 Å². The van der Waals surface area contributed by atoms with Crippen LogP contribution in [0.4, 0.5) is 0 Å². The van der Waals surface area contributed by atoms with E-state index in [9.17, 15) is 0 Å². The van der Waals surface area contributed by atoms with Gasteiger partial charge in [-0.25, -0.2) is 4.98 Å². The van der Waals surface area contributed by atoms with Crippen LogP contribution in [0.1, 0.15) is 45.9 Å². The predicted molar refractivity (Wildman–Crippen MR) is 83.5 cm³/mol. The van der Waals surface area contributed by atoms with E-state index >= 15 is 0 Å². The molecule has 2 unspecified atom stereocenters. The fourth-order valence-corrected chi connectivity index (χ4v) is 3.83. The smallest absolute Gasteiger partial charge is 0.121 e. The minimum Gasteiger partial charge on any atom is -0.341 e. The normalized spacial score (nSPS) is 25.9. The Kier molecular flexibility index (Phi) is 3.55. The van der Waals surface area contributed by atoms with E-state index < -0.39 is 0 Å². The van der Waals surface area contributed by atoms with Crippen molar-refractivity contribution in [2.45, 2.75) is 52.6 Å². The first-order chi connectivity index (χ1) is 9.52. The van der Waals surface area contributed by atoms with Gasteiger partial charge in [0, 0.05) is 6.04 Å². The van der Waals surface area contributed by atoms with Crippen LogP contribution in [0.2, 0.25) is 0 Å². The van der Waals surface area contributed by atoms with Crippen LogP contribution in [0.3, 0.4) is 0 Å². The maximum Gasteiger partial charge on any atom is 0.121 e. The number of nitrogens with one attached hydrogen (secondary N) is 2. The zero-order valence-electron chi connectivity index (χ0n) is 12.7. The highest BCUT2D eigenvalue weighted by Crippen LogP contribution is 2.38. The van der Waals surface area contributed by atoms with Crippen molar-refractivity contribution in [1.29, 1.82) is 0 Å². The molecule has 108 valence electrons. The van der Waals surface area contributed by atoms with Crippen LogP contribution >= 0.6 is 0 Å². The first kappa shape index (κ1) is 13.6. The number of fused-ring (bicyclic) bond motifs is 1. The van der Waals surface area contributed by atoms with Crippen LogP contribution in [-0.2, 0) is 6.54 Å². The van der Waals surface area contributed by atoms with Crippen LogP contribution in [0.25, 0.3) is 11.0 Å². The van der Waals surface area contributed by atoms with E-state index in [0.29, 0.717) is 11.5 Å². The number of aromatic amines is 1.